The highest BCUT2D eigenvalue weighted by molar-refractivity contribution is 5.54. The number of furan rings is 1. The van der Waals surface area contributed by atoms with Gasteiger partial charge < -0.3 is 10.2 Å². The first-order valence-electron chi connectivity index (χ1n) is 6.34. The van der Waals surface area contributed by atoms with Crippen molar-refractivity contribution < 1.29 is 4.42 Å². The lowest BCUT2D eigenvalue weighted by molar-refractivity contribution is 0.577. The van der Waals surface area contributed by atoms with Gasteiger partial charge in [-0.05, 0) is 25.0 Å². The summed E-state index contributed by atoms with van der Waals surface area (Å²) in [5.41, 5.74) is 7.56. The molecule has 3 aromatic heterocycles. The molecular formula is C13H15N5O. The predicted molar refractivity (Wildman–Crippen MR) is 71.5 cm³/mol. The molecule has 0 bridgehead atoms. The molecule has 2 N–H and O–H groups in total. The van der Waals surface area contributed by atoms with Crippen molar-refractivity contribution in [1.29, 1.82) is 0 Å². The molecule has 0 aliphatic carbocycles. The Hall–Kier alpha value is -2.37. The quantitative estimate of drug-likeness (QED) is 0.775. The number of unbranched alkanes of at least 4 members (excludes halogenated alkanes) is 1. The van der Waals surface area contributed by atoms with E-state index in [0.29, 0.717) is 23.2 Å². The first-order valence-corrected chi connectivity index (χ1v) is 6.34. The number of nitrogen functional groups attached to an aromatic ring is 1. The monoisotopic (exact) mass is 257 g/mol. The van der Waals surface area contributed by atoms with Crippen molar-refractivity contribution in [2.24, 2.45) is 0 Å². The lowest BCUT2D eigenvalue weighted by Crippen LogP contribution is -2.04. The SMILES string of the molecule is CCCCc1cc2nc(-c3ccco3)nn2c(N)n1. The van der Waals surface area contributed by atoms with Gasteiger partial charge in [0.25, 0.3) is 0 Å². The van der Waals surface area contributed by atoms with E-state index in [4.69, 9.17) is 10.2 Å². The van der Waals surface area contributed by atoms with Crippen LogP contribution in [0.1, 0.15) is 25.5 Å². The second-order valence-electron chi connectivity index (χ2n) is 4.39. The van der Waals surface area contributed by atoms with Gasteiger partial charge >= 0.3 is 0 Å². The van der Waals surface area contributed by atoms with Crippen molar-refractivity contribution in [1.82, 2.24) is 19.6 Å². The van der Waals surface area contributed by atoms with Crippen LogP contribution in [0.25, 0.3) is 17.2 Å². The summed E-state index contributed by atoms with van der Waals surface area (Å²) in [6, 6.07) is 5.54. The van der Waals surface area contributed by atoms with Gasteiger partial charge in [0, 0.05) is 11.8 Å². The van der Waals surface area contributed by atoms with Crippen molar-refractivity contribution in [3.05, 3.63) is 30.2 Å². The third kappa shape index (κ3) is 2.16. The van der Waals surface area contributed by atoms with Crippen LogP contribution < -0.4 is 5.73 Å². The minimum absolute atomic E-state index is 0.355. The predicted octanol–water partition coefficient (Wildman–Crippen LogP) is 2.31. The molecule has 0 radical (unpaired) electrons. The fourth-order valence-corrected chi connectivity index (χ4v) is 1.96. The minimum Gasteiger partial charge on any atom is -0.461 e. The van der Waals surface area contributed by atoms with E-state index >= 15 is 0 Å². The summed E-state index contributed by atoms with van der Waals surface area (Å²) in [4.78, 5) is 8.76. The topological polar surface area (TPSA) is 82.2 Å². The van der Waals surface area contributed by atoms with Gasteiger partial charge in [0.1, 0.15) is 0 Å². The number of aromatic nitrogens is 4. The summed E-state index contributed by atoms with van der Waals surface area (Å²) >= 11 is 0. The molecule has 6 nitrogen and oxygen atoms in total. The Kier molecular flexibility index (Phi) is 2.91. The maximum atomic E-state index is 5.91. The van der Waals surface area contributed by atoms with Crippen molar-refractivity contribution in [3.8, 4) is 11.6 Å². The zero-order valence-corrected chi connectivity index (χ0v) is 10.7. The van der Waals surface area contributed by atoms with Crippen LogP contribution >= 0.6 is 0 Å². The van der Waals surface area contributed by atoms with Crippen LogP contribution in [-0.2, 0) is 6.42 Å². The average molecular weight is 257 g/mol. The molecule has 0 aliphatic heterocycles. The smallest absolute Gasteiger partial charge is 0.223 e. The Labute approximate surface area is 110 Å². The number of hydrogen-bond donors (Lipinski definition) is 1. The van der Waals surface area contributed by atoms with Crippen LogP contribution in [0.15, 0.2) is 28.9 Å². The van der Waals surface area contributed by atoms with Crippen LogP contribution in [0.4, 0.5) is 5.95 Å². The molecule has 0 saturated carbocycles. The normalized spacial score (nSPS) is 11.2. The number of hydrogen-bond acceptors (Lipinski definition) is 5. The maximum absolute atomic E-state index is 5.91. The average Bonchev–Trinajstić information content (AvgIpc) is 3.04. The molecule has 0 atom stereocenters. The summed E-state index contributed by atoms with van der Waals surface area (Å²) in [7, 11) is 0. The summed E-state index contributed by atoms with van der Waals surface area (Å²) in [6.07, 6.45) is 4.70. The molecule has 0 aromatic carbocycles. The van der Waals surface area contributed by atoms with E-state index < -0.39 is 0 Å². The van der Waals surface area contributed by atoms with Crippen molar-refractivity contribution in [2.45, 2.75) is 26.2 Å². The summed E-state index contributed by atoms with van der Waals surface area (Å²) in [6.45, 7) is 2.15. The van der Waals surface area contributed by atoms with Crippen molar-refractivity contribution in [2.75, 3.05) is 5.73 Å². The standard InChI is InChI=1S/C13H15N5O/c1-2-3-5-9-8-11-16-12(10-6-4-7-19-10)17-18(11)13(14)15-9/h4,6-8H,2-3,5H2,1H3,(H2,14,15). The Balaban J connectivity index is 2.04. The number of rotatable bonds is 4. The zero-order chi connectivity index (χ0) is 13.2. The van der Waals surface area contributed by atoms with Crippen LogP contribution in [-0.4, -0.2) is 19.6 Å². The Morgan fingerprint density at radius 2 is 2.26 bits per heavy atom. The molecule has 0 spiro atoms. The van der Waals surface area contributed by atoms with Crippen molar-refractivity contribution in [3.63, 3.8) is 0 Å². The molecule has 3 aromatic rings. The first kappa shape index (κ1) is 11.7. The highest BCUT2D eigenvalue weighted by Gasteiger charge is 2.12. The molecule has 6 heteroatoms. The van der Waals surface area contributed by atoms with Gasteiger partial charge in [0.05, 0.1) is 6.26 Å². The lowest BCUT2D eigenvalue weighted by Gasteiger charge is -2.01. The third-order valence-electron chi connectivity index (χ3n) is 2.93. The van der Waals surface area contributed by atoms with Gasteiger partial charge in [-0.25, -0.2) is 9.97 Å². The van der Waals surface area contributed by atoms with Gasteiger partial charge in [-0.15, -0.1) is 5.10 Å². The third-order valence-corrected chi connectivity index (χ3v) is 2.93. The zero-order valence-electron chi connectivity index (χ0n) is 10.7. The Morgan fingerprint density at radius 1 is 1.37 bits per heavy atom. The second-order valence-corrected chi connectivity index (χ2v) is 4.39. The number of aryl methyl sites for hydroxylation is 1. The highest BCUT2D eigenvalue weighted by Crippen LogP contribution is 2.18. The number of nitrogens with zero attached hydrogens (tertiary/aromatic N) is 4. The number of nitrogens with two attached hydrogens (primary N) is 1. The molecule has 3 rings (SSSR count). The summed E-state index contributed by atoms with van der Waals surface area (Å²) in [5, 5.41) is 4.30. The molecule has 0 unspecified atom stereocenters. The first-order chi connectivity index (χ1) is 9.28. The minimum atomic E-state index is 0.355. The highest BCUT2D eigenvalue weighted by atomic mass is 16.3. The van der Waals surface area contributed by atoms with Crippen LogP contribution in [0.3, 0.4) is 0 Å². The molecule has 0 saturated heterocycles. The van der Waals surface area contributed by atoms with Crippen molar-refractivity contribution >= 4 is 11.6 Å². The largest absolute Gasteiger partial charge is 0.461 e. The summed E-state index contributed by atoms with van der Waals surface area (Å²) in [5.74, 6) is 1.50. The van der Waals surface area contributed by atoms with Crippen LogP contribution in [0, 0.1) is 0 Å². The Morgan fingerprint density at radius 3 is 3.00 bits per heavy atom. The van der Waals surface area contributed by atoms with E-state index in [1.807, 2.05) is 12.1 Å². The van der Waals surface area contributed by atoms with E-state index in [1.54, 1.807) is 12.3 Å². The Bertz CT molecular complexity index is 686. The van der Waals surface area contributed by atoms with E-state index in [1.165, 1.54) is 4.52 Å². The lowest BCUT2D eigenvalue weighted by atomic mass is 10.2. The summed E-state index contributed by atoms with van der Waals surface area (Å²) < 4.78 is 6.82. The van der Waals surface area contributed by atoms with E-state index in [2.05, 4.69) is 22.0 Å². The fraction of sp³-hybridized carbons (Fsp3) is 0.308. The second kappa shape index (κ2) is 4.72. The van der Waals surface area contributed by atoms with Crippen LogP contribution in [0.5, 0.6) is 0 Å². The fourth-order valence-electron chi connectivity index (χ4n) is 1.96. The van der Waals surface area contributed by atoms with Gasteiger partial charge in [-0.2, -0.15) is 4.52 Å². The number of fused-ring (bicyclic) bond motifs is 1. The van der Waals surface area contributed by atoms with Gasteiger partial charge in [-0.1, -0.05) is 13.3 Å². The molecule has 98 valence electrons. The molecule has 0 amide bonds. The van der Waals surface area contributed by atoms with E-state index in [9.17, 15) is 0 Å². The molecule has 19 heavy (non-hydrogen) atoms. The molecular weight excluding hydrogens is 242 g/mol. The van der Waals surface area contributed by atoms with E-state index in [-0.39, 0.29) is 0 Å². The molecule has 0 fully saturated rings. The molecule has 0 aliphatic rings. The van der Waals surface area contributed by atoms with Gasteiger partial charge in [0.2, 0.25) is 11.8 Å². The van der Waals surface area contributed by atoms with E-state index in [0.717, 1.165) is 25.0 Å². The van der Waals surface area contributed by atoms with Gasteiger partial charge in [-0.3, -0.25) is 0 Å². The number of anilines is 1. The van der Waals surface area contributed by atoms with Gasteiger partial charge in [0.15, 0.2) is 11.4 Å². The molecule has 3 heterocycles. The van der Waals surface area contributed by atoms with Crippen LogP contribution in [0.2, 0.25) is 0 Å². The maximum Gasteiger partial charge on any atom is 0.223 e.